The molecule has 3 aromatic heterocycles. The summed E-state index contributed by atoms with van der Waals surface area (Å²) in [7, 11) is -4.04. The van der Waals surface area contributed by atoms with E-state index in [2.05, 4.69) is 25.7 Å². The van der Waals surface area contributed by atoms with E-state index in [0.717, 1.165) is 6.20 Å². The molecule has 0 fully saturated rings. The van der Waals surface area contributed by atoms with E-state index >= 15 is 0 Å². The van der Waals surface area contributed by atoms with Gasteiger partial charge in [-0.2, -0.15) is 5.26 Å². The molecule has 0 aliphatic heterocycles. The molecule has 1 N–H and O–H groups in total. The fourth-order valence-corrected chi connectivity index (χ4v) is 4.70. The van der Waals surface area contributed by atoms with Crippen LogP contribution in [0.2, 0.25) is 0 Å². The standard InChI is InChI=1S/C22H18F2N6O2S/c1-22(2,13-23)29-33(31,32)15-5-6-18(28-12-15)20-17(11-25)16-10-14(24)4-7-19(16)30(20)21-26-8-3-9-27-21/h3-10,12,29H,13H2,1-2H3. The molecule has 0 spiro atoms. The van der Waals surface area contributed by atoms with Crippen molar-refractivity contribution in [1.29, 1.82) is 5.26 Å². The van der Waals surface area contributed by atoms with Gasteiger partial charge in [0.05, 0.1) is 28.0 Å². The summed E-state index contributed by atoms with van der Waals surface area (Å²) in [6, 6.07) is 10.4. The lowest BCUT2D eigenvalue weighted by molar-refractivity contribution is 0.326. The van der Waals surface area contributed by atoms with Gasteiger partial charge in [-0.25, -0.2) is 31.9 Å². The number of aromatic nitrogens is 4. The quantitative estimate of drug-likeness (QED) is 0.463. The van der Waals surface area contributed by atoms with E-state index in [0.29, 0.717) is 10.9 Å². The Balaban J connectivity index is 1.91. The van der Waals surface area contributed by atoms with Crippen molar-refractivity contribution >= 4 is 20.9 Å². The largest absolute Gasteiger partial charge is 0.275 e. The number of alkyl halides is 1. The topological polar surface area (TPSA) is 114 Å². The van der Waals surface area contributed by atoms with Crippen LogP contribution in [0.1, 0.15) is 19.4 Å². The summed E-state index contributed by atoms with van der Waals surface area (Å²) in [5.74, 6) is -0.289. The van der Waals surface area contributed by atoms with Crippen molar-refractivity contribution < 1.29 is 17.2 Å². The average Bonchev–Trinajstić information content (AvgIpc) is 3.12. The summed E-state index contributed by atoms with van der Waals surface area (Å²) >= 11 is 0. The van der Waals surface area contributed by atoms with Crippen molar-refractivity contribution in [2.75, 3.05) is 6.67 Å². The van der Waals surface area contributed by atoms with E-state index in [9.17, 15) is 22.5 Å². The Morgan fingerprint density at radius 3 is 2.48 bits per heavy atom. The molecular weight excluding hydrogens is 450 g/mol. The number of sulfonamides is 1. The number of rotatable bonds is 6. The van der Waals surface area contributed by atoms with E-state index in [1.54, 1.807) is 10.6 Å². The maximum atomic E-state index is 14.0. The first-order valence-corrected chi connectivity index (χ1v) is 11.2. The lowest BCUT2D eigenvalue weighted by Crippen LogP contribution is -2.45. The summed E-state index contributed by atoms with van der Waals surface area (Å²) in [4.78, 5) is 12.6. The predicted molar refractivity (Wildman–Crippen MR) is 117 cm³/mol. The number of nitrogens with one attached hydrogen (secondary N) is 1. The van der Waals surface area contributed by atoms with E-state index in [1.165, 1.54) is 56.6 Å². The lowest BCUT2D eigenvalue weighted by Gasteiger charge is -2.22. The molecule has 33 heavy (non-hydrogen) atoms. The molecule has 0 aliphatic rings. The maximum absolute atomic E-state index is 14.0. The molecule has 0 bridgehead atoms. The number of hydrogen-bond acceptors (Lipinski definition) is 6. The van der Waals surface area contributed by atoms with Crippen molar-refractivity contribution in [1.82, 2.24) is 24.2 Å². The second-order valence-electron chi connectivity index (χ2n) is 7.88. The van der Waals surface area contributed by atoms with Crippen molar-refractivity contribution in [3.8, 4) is 23.4 Å². The molecule has 1 aromatic carbocycles. The molecule has 0 amide bonds. The van der Waals surface area contributed by atoms with Crippen LogP contribution in [0.5, 0.6) is 0 Å². The molecule has 0 radical (unpaired) electrons. The summed E-state index contributed by atoms with van der Waals surface area (Å²) in [6.45, 7) is 1.95. The van der Waals surface area contributed by atoms with Crippen LogP contribution in [-0.4, -0.2) is 40.2 Å². The molecule has 0 saturated heterocycles. The zero-order valence-electron chi connectivity index (χ0n) is 17.6. The van der Waals surface area contributed by atoms with Gasteiger partial charge in [-0.05, 0) is 50.2 Å². The highest BCUT2D eigenvalue weighted by Crippen LogP contribution is 2.35. The average molecular weight is 468 g/mol. The Kier molecular flexibility index (Phi) is 5.65. The minimum atomic E-state index is -4.04. The predicted octanol–water partition coefficient (Wildman–Crippen LogP) is 3.52. The van der Waals surface area contributed by atoms with Crippen molar-refractivity contribution in [3.63, 3.8) is 0 Å². The normalized spacial score (nSPS) is 12.1. The van der Waals surface area contributed by atoms with E-state index in [-0.39, 0.29) is 27.8 Å². The lowest BCUT2D eigenvalue weighted by atomic mass is 10.1. The van der Waals surface area contributed by atoms with Crippen LogP contribution >= 0.6 is 0 Å². The van der Waals surface area contributed by atoms with Gasteiger partial charge in [0.1, 0.15) is 23.5 Å². The Bertz CT molecular complexity index is 1480. The van der Waals surface area contributed by atoms with Crippen LogP contribution < -0.4 is 4.72 Å². The molecule has 0 aliphatic carbocycles. The Morgan fingerprint density at radius 2 is 1.88 bits per heavy atom. The van der Waals surface area contributed by atoms with Gasteiger partial charge >= 0.3 is 0 Å². The second kappa shape index (κ2) is 8.31. The monoisotopic (exact) mass is 468 g/mol. The fourth-order valence-electron chi connectivity index (χ4n) is 3.36. The van der Waals surface area contributed by atoms with Gasteiger partial charge in [0.15, 0.2) is 0 Å². The number of benzene rings is 1. The van der Waals surface area contributed by atoms with Gasteiger partial charge in [0.25, 0.3) is 0 Å². The van der Waals surface area contributed by atoms with Crippen LogP contribution in [0, 0.1) is 17.1 Å². The molecule has 8 nitrogen and oxygen atoms in total. The number of pyridine rings is 1. The molecule has 4 rings (SSSR count). The number of fused-ring (bicyclic) bond motifs is 1. The van der Waals surface area contributed by atoms with Gasteiger partial charge in [-0.1, -0.05) is 0 Å². The third kappa shape index (κ3) is 4.18. The smallest absolute Gasteiger partial charge is 0.242 e. The first kappa shape index (κ1) is 22.4. The van der Waals surface area contributed by atoms with Crippen molar-refractivity contribution in [2.24, 2.45) is 0 Å². The zero-order valence-corrected chi connectivity index (χ0v) is 18.4. The highest BCUT2D eigenvalue weighted by atomic mass is 32.2. The van der Waals surface area contributed by atoms with Crippen molar-refractivity contribution in [3.05, 3.63) is 66.4 Å². The Labute approximate surface area is 188 Å². The van der Waals surface area contributed by atoms with Crippen LogP contribution in [0.3, 0.4) is 0 Å². The summed E-state index contributed by atoms with van der Waals surface area (Å²) in [5, 5.41) is 10.2. The first-order chi connectivity index (χ1) is 15.7. The summed E-state index contributed by atoms with van der Waals surface area (Å²) < 4.78 is 56.2. The summed E-state index contributed by atoms with van der Waals surface area (Å²) in [6.07, 6.45) is 4.16. The van der Waals surface area contributed by atoms with Crippen molar-refractivity contribution in [2.45, 2.75) is 24.3 Å². The molecule has 0 unspecified atom stereocenters. The number of nitriles is 1. The second-order valence-corrected chi connectivity index (χ2v) is 9.57. The highest BCUT2D eigenvalue weighted by Gasteiger charge is 2.27. The van der Waals surface area contributed by atoms with Gasteiger partial charge < -0.3 is 0 Å². The molecule has 4 aromatic rings. The van der Waals surface area contributed by atoms with Gasteiger partial charge in [-0.15, -0.1) is 0 Å². The van der Waals surface area contributed by atoms with E-state index in [4.69, 9.17) is 0 Å². The van der Waals surface area contributed by atoms with Crippen LogP contribution in [0.25, 0.3) is 28.2 Å². The Hall–Kier alpha value is -3.75. The van der Waals surface area contributed by atoms with E-state index in [1.807, 2.05) is 0 Å². The van der Waals surface area contributed by atoms with Gasteiger partial charge in [0.2, 0.25) is 16.0 Å². The Morgan fingerprint density at radius 1 is 1.15 bits per heavy atom. The van der Waals surface area contributed by atoms with Crippen LogP contribution in [-0.2, 0) is 10.0 Å². The molecule has 3 heterocycles. The molecule has 11 heteroatoms. The van der Waals surface area contributed by atoms with Gasteiger partial charge in [-0.3, -0.25) is 9.55 Å². The minimum absolute atomic E-state index is 0.136. The van der Waals surface area contributed by atoms with Crippen LogP contribution in [0.15, 0.2) is 59.9 Å². The number of halogens is 2. The summed E-state index contributed by atoms with van der Waals surface area (Å²) in [5.41, 5.74) is -0.132. The molecular formula is C22H18F2N6O2S. The third-order valence-corrected chi connectivity index (χ3v) is 6.51. The van der Waals surface area contributed by atoms with Crippen LogP contribution in [0.4, 0.5) is 8.78 Å². The van der Waals surface area contributed by atoms with E-state index < -0.39 is 28.1 Å². The number of hydrogen-bond donors (Lipinski definition) is 1. The molecule has 0 saturated carbocycles. The number of nitrogens with zero attached hydrogens (tertiary/aromatic N) is 5. The molecule has 0 atom stereocenters. The van der Waals surface area contributed by atoms with Gasteiger partial charge in [0, 0.05) is 24.0 Å². The zero-order chi connectivity index (χ0) is 23.8. The third-order valence-electron chi connectivity index (χ3n) is 4.83. The highest BCUT2D eigenvalue weighted by molar-refractivity contribution is 7.89. The first-order valence-electron chi connectivity index (χ1n) is 9.75. The maximum Gasteiger partial charge on any atom is 0.242 e. The minimum Gasteiger partial charge on any atom is -0.275 e. The molecule has 168 valence electrons. The fraction of sp³-hybridized carbons (Fsp3) is 0.182. The SMILES string of the molecule is CC(C)(CF)NS(=O)(=O)c1ccc(-c2c(C#N)c3cc(F)ccc3n2-c2ncccn2)nc1.